The molecule has 1 aromatic carbocycles. The van der Waals surface area contributed by atoms with Crippen molar-refractivity contribution in [2.45, 2.75) is 6.54 Å². The highest BCUT2D eigenvalue weighted by Crippen LogP contribution is 2.14. The van der Waals surface area contributed by atoms with Gasteiger partial charge in [0.2, 0.25) is 5.91 Å². The third-order valence-corrected chi connectivity index (χ3v) is 5.18. The predicted octanol–water partition coefficient (Wildman–Crippen LogP) is 1.89. The highest BCUT2D eigenvalue weighted by molar-refractivity contribution is 5.92. The fourth-order valence-electron chi connectivity index (χ4n) is 3.53. The van der Waals surface area contributed by atoms with Gasteiger partial charge in [-0.05, 0) is 30.3 Å². The predicted molar refractivity (Wildman–Crippen MR) is 116 cm³/mol. The fraction of sp³-hybridized carbons (Fsp3) is 0.261. The van der Waals surface area contributed by atoms with Gasteiger partial charge in [-0.2, -0.15) is 0 Å². The third kappa shape index (κ3) is 5.29. The summed E-state index contributed by atoms with van der Waals surface area (Å²) in [6.07, 6.45) is 1.68. The Bertz CT molecular complexity index is 1100. The molecule has 0 spiro atoms. The number of aromatic nitrogens is 1. The molecule has 1 fully saturated rings. The first-order chi connectivity index (χ1) is 15.1. The number of pyridine rings is 1. The van der Waals surface area contributed by atoms with Crippen LogP contribution >= 0.6 is 0 Å². The first-order valence-electron chi connectivity index (χ1n) is 10.2. The number of furan rings is 1. The maximum Gasteiger partial charge on any atom is 0.289 e. The molecular weight excluding hydrogens is 396 g/mol. The van der Waals surface area contributed by atoms with Crippen LogP contribution in [0.4, 0.5) is 5.69 Å². The van der Waals surface area contributed by atoms with Crippen molar-refractivity contribution in [3.63, 3.8) is 0 Å². The van der Waals surface area contributed by atoms with Crippen molar-refractivity contribution < 1.29 is 14.0 Å². The molecule has 0 unspecified atom stereocenters. The van der Waals surface area contributed by atoms with E-state index >= 15 is 0 Å². The lowest BCUT2D eigenvalue weighted by atomic mass is 10.2. The normalized spacial score (nSPS) is 14.4. The largest absolute Gasteiger partial charge is 0.454 e. The van der Waals surface area contributed by atoms with Crippen LogP contribution in [-0.2, 0) is 11.3 Å². The molecule has 0 radical (unpaired) electrons. The SMILES string of the molecule is O=C(CN1CCN(C(=O)c2ccc(Cn3ccccc3=O)o2)CC1)Nc1ccccc1. The number of para-hydroxylation sites is 1. The highest BCUT2D eigenvalue weighted by Gasteiger charge is 2.25. The molecule has 4 rings (SSSR count). The van der Waals surface area contributed by atoms with Gasteiger partial charge in [-0.1, -0.05) is 24.3 Å². The van der Waals surface area contributed by atoms with Gasteiger partial charge in [0.25, 0.3) is 11.5 Å². The topological polar surface area (TPSA) is 87.8 Å². The maximum atomic E-state index is 12.8. The van der Waals surface area contributed by atoms with Crippen molar-refractivity contribution in [1.29, 1.82) is 0 Å². The molecule has 2 amide bonds. The average Bonchev–Trinajstić information content (AvgIpc) is 3.25. The summed E-state index contributed by atoms with van der Waals surface area (Å²) in [7, 11) is 0. The summed E-state index contributed by atoms with van der Waals surface area (Å²) in [5.74, 6) is 0.556. The number of carbonyl (C=O) groups is 2. The third-order valence-electron chi connectivity index (χ3n) is 5.18. The van der Waals surface area contributed by atoms with Crippen LogP contribution in [0.2, 0.25) is 0 Å². The summed E-state index contributed by atoms with van der Waals surface area (Å²) < 4.78 is 7.21. The summed E-state index contributed by atoms with van der Waals surface area (Å²) in [6, 6.07) is 17.6. The van der Waals surface area contributed by atoms with Gasteiger partial charge in [-0.15, -0.1) is 0 Å². The van der Waals surface area contributed by atoms with Crippen LogP contribution in [0.15, 0.2) is 76.1 Å². The van der Waals surface area contributed by atoms with Crippen molar-refractivity contribution >= 4 is 17.5 Å². The molecule has 0 atom stereocenters. The van der Waals surface area contributed by atoms with E-state index < -0.39 is 0 Å². The molecule has 1 N–H and O–H groups in total. The summed E-state index contributed by atoms with van der Waals surface area (Å²) in [6.45, 7) is 2.82. The highest BCUT2D eigenvalue weighted by atomic mass is 16.4. The first-order valence-corrected chi connectivity index (χ1v) is 10.2. The van der Waals surface area contributed by atoms with E-state index in [-0.39, 0.29) is 36.2 Å². The lowest BCUT2D eigenvalue weighted by Gasteiger charge is -2.33. The number of anilines is 1. The van der Waals surface area contributed by atoms with Crippen molar-refractivity contribution in [2.24, 2.45) is 0 Å². The smallest absolute Gasteiger partial charge is 0.289 e. The zero-order valence-corrected chi connectivity index (χ0v) is 17.1. The van der Waals surface area contributed by atoms with E-state index in [0.717, 1.165) is 5.69 Å². The standard InChI is InChI=1S/C23H24N4O4/c28-21(24-18-6-2-1-3-7-18)17-25-12-14-26(15-13-25)23(30)20-10-9-19(31-20)16-27-11-5-4-8-22(27)29/h1-11H,12-17H2,(H,24,28). The minimum Gasteiger partial charge on any atom is -0.454 e. The van der Waals surface area contributed by atoms with Gasteiger partial charge in [-0.3, -0.25) is 19.3 Å². The Morgan fingerprint density at radius 3 is 2.39 bits per heavy atom. The molecule has 8 heteroatoms. The van der Waals surface area contributed by atoms with Crippen LogP contribution < -0.4 is 10.9 Å². The van der Waals surface area contributed by atoms with Gasteiger partial charge < -0.3 is 19.2 Å². The van der Waals surface area contributed by atoms with Gasteiger partial charge in [-0.25, -0.2) is 0 Å². The number of hydrogen-bond acceptors (Lipinski definition) is 5. The molecule has 160 valence electrons. The molecule has 0 saturated carbocycles. The molecule has 8 nitrogen and oxygen atoms in total. The van der Waals surface area contributed by atoms with Gasteiger partial charge in [0.15, 0.2) is 5.76 Å². The Hall–Kier alpha value is -3.65. The maximum absolute atomic E-state index is 12.8. The minimum absolute atomic E-state index is 0.0715. The quantitative estimate of drug-likeness (QED) is 0.658. The Morgan fingerprint density at radius 1 is 0.903 bits per heavy atom. The second-order valence-electron chi connectivity index (χ2n) is 7.42. The average molecular weight is 420 g/mol. The van der Waals surface area contributed by atoms with Crippen LogP contribution in [0, 0.1) is 0 Å². The first kappa shape index (κ1) is 20.6. The number of benzene rings is 1. The molecule has 1 aliphatic rings. The number of nitrogens with one attached hydrogen (secondary N) is 1. The van der Waals surface area contributed by atoms with E-state index in [4.69, 9.17) is 4.42 Å². The molecule has 1 aliphatic heterocycles. The lowest BCUT2D eigenvalue weighted by molar-refractivity contribution is -0.117. The Labute approximate surface area is 179 Å². The Balaban J connectivity index is 1.27. The van der Waals surface area contributed by atoms with Crippen LogP contribution in [0.25, 0.3) is 0 Å². The molecule has 3 aromatic rings. The van der Waals surface area contributed by atoms with E-state index in [0.29, 0.717) is 31.9 Å². The second kappa shape index (κ2) is 9.44. The molecule has 31 heavy (non-hydrogen) atoms. The van der Waals surface area contributed by atoms with Gasteiger partial charge in [0.05, 0.1) is 13.1 Å². The second-order valence-corrected chi connectivity index (χ2v) is 7.42. The number of amides is 2. The van der Waals surface area contributed by atoms with Gasteiger partial charge in [0, 0.05) is 44.1 Å². The summed E-state index contributed by atoms with van der Waals surface area (Å²) in [5, 5.41) is 2.88. The van der Waals surface area contributed by atoms with E-state index in [9.17, 15) is 14.4 Å². The Kier molecular flexibility index (Phi) is 6.28. The van der Waals surface area contributed by atoms with Gasteiger partial charge >= 0.3 is 0 Å². The van der Waals surface area contributed by atoms with Crippen molar-refractivity contribution in [2.75, 3.05) is 38.0 Å². The molecule has 0 aliphatic carbocycles. The van der Waals surface area contributed by atoms with Crippen molar-refractivity contribution in [1.82, 2.24) is 14.4 Å². The fourth-order valence-corrected chi connectivity index (χ4v) is 3.53. The summed E-state index contributed by atoms with van der Waals surface area (Å²) in [5.41, 5.74) is 0.645. The number of rotatable bonds is 6. The zero-order valence-electron chi connectivity index (χ0n) is 17.1. The molecule has 1 saturated heterocycles. The van der Waals surface area contributed by atoms with E-state index in [1.54, 1.807) is 35.4 Å². The zero-order chi connectivity index (χ0) is 21.6. The van der Waals surface area contributed by atoms with Gasteiger partial charge in [0.1, 0.15) is 5.76 Å². The minimum atomic E-state index is -0.181. The number of carbonyl (C=O) groups excluding carboxylic acids is 2. The molecule has 2 aromatic heterocycles. The monoisotopic (exact) mass is 420 g/mol. The van der Waals surface area contributed by atoms with E-state index in [1.807, 2.05) is 35.2 Å². The van der Waals surface area contributed by atoms with Crippen LogP contribution in [-0.4, -0.2) is 58.9 Å². The van der Waals surface area contributed by atoms with Crippen LogP contribution in [0.1, 0.15) is 16.3 Å². The van der Waals surface area contributed by atoms with Crippen molar-refractivity contribution in [3.05, 3.63) is 88.7 Å². The number of nitrogens with zero attached hydrogens (tertiary/aromatic N) is 3. The lowest BCUT2D eigenvalue weighted by Crippen LogP contribution is -2.50. The van der Waals surface area contributed by atoms with Crippen LogP contribution in [0.5, 0.6) is 0 Å². The van der Waals surface area contributed by atoms with Crippen molar-refractivity contribution in [3.8, 4) is 0 Å². The number of hydrogen-bond donors (Lipinski definition) is 1. The van der Waals surface area contributed by atoms with Crippen LogP contribution in [0.3, 0.4) is 0 Å². The van der Waals surface area contributed by atoms with E-state index in [2.05, 4.69) is 5.32 Å². The Morgan fingerprint density at radius 2 is 1.65 bits per heavy atom. The molecule has 3 heterocycles. The number of piperazine rings is 1. The summed E-state index contributed by atoms with van der Waals surface area (Å²) in [4.78, 5) is 40.6. The molecular formula is C23H24N4O4. The summed E-state index contributed by atoms with van der Waals surface area (Å²) >= 11 is 0. The molecule has 0 bridgehead atoms. The van der Waals surface area contributed by atoms with E-state index in [1.165, 1.54) is 10.6 Å².